The molecule has 2 fully saturated rings. The first-order valence-corrected chi connectivity index (χ1v) is 6.12. The van der Waals surface area contributed by atoms with Crippen molar-refractivity contribution in [2.75, 3.05) is 19.7 Å². The first-order chi connectivity index (χ1) is 8.31. The second-order valence-electron chi connectivity index (χ2n) is 5.76. The molecule has 1 saturated carbocycles. The maximum atomic E-state index is 12.3. The summed E-state index contributed by atoms with van der Waals surface area (Å²) in [6, 6.07) is 0. The molecule has 6 nitrogen and oxygen atoms in total. The topological polar surface area (TPSA) is 87.1 Å². The summed E-state index contributed by atoms with van der Waals surface area (Å²) >= 11 is 0. The summed E-state index contributed by atoms with van der Waals surface area (Å²) in [7, 11) is 0. The monoisotopic (exact) mass is 257 g/mol. The molecule has 0 spiro atoms. The van der Waals surface area contributed by atoms with E-state index in [4.69, 9.17) is 9.84 Å². The van der Waals surface area contributed by atoms with Crippen LogP contribution in [0.25, 0.3) is 0 Å². The number of carbonyl (C=O) groups excluding carboxylic acids is 1. The van der Waals surface area contributed by atoms with Gasteiger partial charge in [0.25, 0.3) is 0 Å². The number of carboxylic acid groups (broad SMARTS) is 1. The van der Waals surface area contributed by atoms with E-state index in [1.54, 1.807) is 0 Å². The van der Waals surface area contributed by atoms with Crippen molar-refractivity contribution in [1.29, 1.82) is 0 Å². The van der Waals surface area contributed by atoms with Crippen molar-refractivity contribution in [2.45, 2.75) is 38.4 Å². The molecule has 1 heterocycles. The zero-order valence-corrected chi connectivity index (χ0v) is 10.7. The molecule has 2 aliphatic rings. The summed E-state index contributed by atoms with van der Waals surface area (Å²) in [4.78, 5) is 25.0. The number of aliphatic carboxylic acids is 1. The Labute approximate surface area is 106 Å². The Kier molecular flexibility index (Phi) is 3.11. The predicted molar refractivity (Wildman–Crippen MR) is 61.9 cm³/mol. The van der Waals surface area contributed by atoms with Crippen LogP contribution in [0.1, 0.15) is 26.7 Å². The Hall–Kier alpha value is -1.14. The number of aliphatic hydroxyl groups is 1. The molecule has 1 atom stereocenters. The number of carbonyl (C=O) groups is 2. The van der Waals surface area contributed by atoms with Crippen LogP contribution < -0.4 is 0 Å². The van der Waals surface area contributed by atoms with E-state index in [0.29, 0.717) is 19.4 Å². The van der Waals surface area contributed by atoms with Crippen LogP contribution in [0.15, 0.2) is 0 Å². The fourth-order valence-corrected chi connectivity index (χ4v) is 2.49. The second kappa shape index (κ2) is 4.20. The molecule has 0 bridgehead atoms. The first kappa shape index (κ1) is 13.3. The van der Waals surface area contributed by atoms with Crippen molar-refractivity contribution in [3.8, 4) is 0 Å². The molecule has 1 aliphatic heterocycles. The lowest BCUT2D eigenvalue weighted by atomic mass is 10.0. The van der Waals surface area contributed by atoms with E-state index < -0.39 is 23.1 Å². The molecule has 0 aromatic rings. The largest absolute Gasteiger partial charge is 0.480 e. The van der Waals surface area contributed by atoms with Crippen LogP contribution in [-0.2, 0) is 14.3 Å². The minimum absolute atomic E-state index is 0.173. The molecule has 2 rings (SSSR count). The predicted octanol–water partition coefficient (Wildman–Crippen LogP) is -0.151. The number of aliphatic hydroxyl groups excluding tert-OH is 1. The third kappa shape index (κ3) is 2.22. The Bertz CT molecular complexity index is 375. The zero-order valence-electron chi connectivity index (χ0n) is 10.7. The number of hydrogen-bond donors (Lipinski definition) is 2. The molecule has 102 valence electrons. The van der Waals surface area contributed by atoms with E-state index in [0.717, 1.165) is 0 Å². The van der Waals surface area contributed by atoms with Gasteiger partial charge in [-0.05, 0) is 26.7 Å². The molecule has 0 aromatic heterocycles. The number of rotatable bonds is 3. The van der Waals surface area contributed by atoms with Crippen LogP contribution in [-0.4, -0.2) is 58.4 Å². The summed E-state index contributed by atoms with van der Waals surface area (Å²) in [5, 5.41) is 18.3. The van der Waals surface area contributed by atoms with Crippen LogP contribution in [0.2, 0.25) is 0 Å². The minimum atomic E-state index is -1.21. The van der Waals surface area contributed by atoms with Gasteiger partial charge < -0.3 is 19.8 Å². The Morgan fingerprint density at radius 1 is 1.39 bits per heavy atom. The molecular weight excluding hydrogens is 238 g/mol. The van der Waals surface area contributed by atoms with Crippen LogP contribution in [0, 0.1) is 5.41 Å². The number of ether oxygens (including phenoxy) is 1. The number of nitrogens with zero attached hydrogens (tertiary/aromatic N) is 1. The van der Waals surface area contributed by atoms with Gasteiger partial charge in [-0.15, -0.1) is 0 Å². The fourth-order valence-electron chi connectivity index (χ4n) is 2.49. The van der Waals surface area contributed by atoms with Gasteiger partial charge in [-0.2, -0.15) is 0 Å². The molecule has 1 aliphatic carbocycles. The summed E-state index contributed by atoms with van der Waals surface area (Å²) in [6.45, 7) is 4.10. The van der Waals surface area contributed by atoms with E-state index in [1.165, 1.54) is 4.90 Å². The Morgan fingerprint density at radius 2 is 2.00 bits per heavy atom. The van der Waals surface area contributed by atoms with Crippen molar-refractivity contribution in [1.82, 2.24) is 4.90 Å². The highest BCUT2D eigenvalue weighted by Crippen LogP contribution is 2.48. The van der Waals surface area contributed by atoms with E-state index in [2.05, 4.69) is 0 Å². The highest BCUT2D eigenvalue weighted by Gasteiger charge is 2.59. The van der Waals surface area contributed by atoms with Crippen LogP contribution in [0.5, 0.6) is 0 Å². The van der Waals surface area contributed by atoms with Gasteiger partial charge in [0.05, 0.1) is 18.3 Å². The summed E-state index contributed by atoms with van der Waals surface area (Å²) < 4.78 is 5.61. The molecule has 2 N–H and O–H groups in total. The first-order valence-electron chi connectivity index (χ1n) is 6.12. The van der Waals surface area contributed by atoms with Crippen molar-refractivity contribution in [3.63, 3.8) is 0 Å². The van der Waals surface area contributed by atoms with Gasteiger partial charge in [-0.3, -0.25) is 9.59 Å². The molecule has 0 aromatic carbocycles. The Balaban J connectivity index is 2.13. The van der Waals surface area contributed by atoms with Crippen molar-refractivity contribution in [3.05, 3.63) is 0 Å². The lowest BCUT2D eigenvalue weighted by Crippen LogP contribution is -2.57. The SMILES string of the molecule is CC1(C)CN(C(=O)C2(C(=O)O)CC2)CC(CO)O1. The summed E-state index contributed by atoms with van der Waals surface area (Å²) in [5.41, 5.74) is -1.77. The smallest absolute Gasteiger partial charge is 0.319 e. The van der Waals surface area contributed by atoms with Gasteiger partial charge in [0.2, 0.25) is 5.91 Å². The standard InChI is InChI=1S/C12H19NO5/c1-11(2)7-13(5-8(6-14)18-11)9(15)12(3-4-12)10(16)17/h8,14H,3-7H2,1-2H3,(H,16,17). The van der Waals surface area contributed by atoms with E-state index >= 15 is 0 Å². The van der Waals surface area contributed by atoms with Crippen molar-refractivity contribution >= 4 is 11.9 Å². The van der Waals surface area contributed by atoms with Gasteiger partial charge in [0.15, 0.2) is 0 Å². The number of morpholine rings is 1. The molecule has 1 unspecified atom stereocenters. The zero-order chi connectivity index (χ0) is 13.6. The van der Waals surface area contributed by atoms with Gasteiger partial charge in [0.1, 0.15) is 5.41 Å². The average Bonchev–Trinajstić information content (AvgIpc) is 3.06. The lowest BCUT2D eigenvalue weighted by Gasteiger charge is -2.43. The van der Waals surface area contributed by atoms with Gasteiger partial charge >= 0.3 is 5.97 Å². The molecule has 0 radical (unpaired) electrons. The molecule has 18 heavy (non-hydrogen) atoms. The quantitative estimate of drug-likeness (QED) is 0.687. The number of amides is 1. The minimum Gasteiger partial charge on any atom is -0.480 e. The van der Waals surface area contributed by atoms with Crippen molar-refractivity contribution in [2.24, 2.45) is 5.41 Å². The van der Waals surface area contributed by atoms with Gasteiger partial charge in [-0.25, -0.2) is 0 Å². The van der Waals surface area contributed by atoms with E-state index in [9.17, 15) is 14.7 Å². The molecule has 6 heteroatoms. The van der Waals surface area contributed by atoms with E-state index in [-0.39, 0.29) is 19.1 Å². The molecule has 1 saturated heterocycles. The highest BCUT2D eigenvalue weighted by atomic mass is 16.5. The highest BCUT2D eigenvalue weighted by molar-refractivity contribution is 6.04. The summed E-state index contributed by atoms with van der Waals surface area (Å²) in [6.07, 6.45) is 0.369. The fraction of sp³-hybridized carbons (Fsp3) is 0.833. The second-order valence-corrected chi connectivity index (χ2v) is 5.76. The lowest BCUT2D eigenvalue weighted by molar-refractivity contribution is -0.174. The van der Waals surface area contributed by atoms with Crippen LogP contribution >= 0.6 is 0 Å². The third-order valence-corrected chi connectivity index (χ3v) is 3.54. The maximum Gasteiger partial charge on any atom is 0.319 e. The van der Waals surface area contributed by atoms with Gasteiger partial charge in [-0.1, -0.05) is 0 Å². The third-order valence-electron chi connectivity index (χ3n) is 3.54. The van der Waals surface area contributed by atoms with Crippen LogP contribution in [0.3, 0.4) is 0 Å². The maximum absolute atomic E-state index is 12.3. The summed E-state index contributed by atoms with van der Waals surface area (Å²) in [5.74, 6) is -1.39. The Morgan fingerprint density at radius 3 is 2.44 bits per heavy atom. The molecular formula is C12H19NO5. The molecule has 1 amide bonds. The van der Waals surface area contributed by atoms with Gasteiger partial charge in [0, 0.05) is 13.1 Å². The normalized spacial score (nSPS) is 28.8. The van der Waals surface area contributed by atoms with Crippen molar-refractivity contribution < 1.29 is 24.5 Å². The number of hydrogen-bond acceptors (Lipinski definition) is 4. The van der Waals surface area contributed by atoms with E-state index in [1.807, 2.05) is 13.8 Å². The number of carboxylic acids is 1. The van der Waals surface area contributed by atoms with Crippen LogP contribution in [0.4, 0.5) is 0 Å². The average molecular weight is 257 g/mol.